The van der Waals surface area contributed by atoms with E-state index >= 15 is 0 Å². The van der Waals surface area contributed by atoms with Crippen LogP contribution in [0.5, 0.6) is 5.75 Å². The summed E-state index contributed by atoms with van der Waals surface area (Å²) in [6.07, 6.45) is 3.45. The van der Waals surface area contributed by atoms with Gasteiger partial charge in [0.05, 0.1) is 7.11 Å². The highest BCUT2D eigenvalue weighted by atomic mass is 19.1. The van der Waals surface area contributed by atoms with Gasteiger partial charge in [-0.2, -0.15) is 0 Å². The summed E-state index contributed by atoms with van der Waals surface area (Å²) in [4.78, 5) is 0. The molecule has 2 atom stereocenters. The second kappa shape index (κ2) is 6.13. The topological polar surface area (TPSA) is 21.3 Å². The van der Waals surface area contributed by atoms with Crippen LogP contribution in [0.25, 0.3) is 0 Å². The average molecular weight is 279 g/mol. The Bertz CT molecular complexity index is 453. The molecule has 1 aliphatic carbocycles. The molecule has 2 nitrogen and oxygen atoms in total. The zero-order chi connectivity index (χ0) is 14.8. The lowest BCUT2D eigenvalue weighted by atomic mass is 9.88. The van der Waals surface area contributed by atoms with Crippen LogP contribution in [0.3, 0.4) is 0 Å². The first kappa shape index (κ1) is 15.3. The number of ether oxygens (including phenoxy) is 1. The molecule has 0 heterocycles. The van der Waals surface area contributed by atoms with E-state index < -0.39 is 0 Å². The molecule has 1 saturated carbocycles. The van der Waals surface area contributed by atoms with Crippen molar-refractivity contribution in [1.82, 2.24) is 5.32 Å². The van der Waals surface area contributed by atoms with Gasteiger partial charge in [-0.1, -0.05) is 12.5 Å². The Hall–Kier alpha value is -1.09. The molecule has 0 aliphatic heterocycles. The Labute approximate surface area is 121 Å². The van der Waals surface area contributed by atoms with Gasteiger partial charge in [0.1, 0.15) is 11.6 Å². The molecule has 1 aliphatic rings. The van der Waals surface area contributed by atoms with E-state index in [2.05, 4.69) is 26.1 Å². The molecule has 20 heavy (non-hydrogen) atoms. The van der Waals surface area contributed by atoms with Crippen LogP contribution in [0.4, 0.5) is 4.39 Å². The molecule has 0 spiro atoms. The molecular weight excluding hydrogens is 253 g/mol. The van der Waals surface area contributed by atoms with Crippen molar-refractivity contribution in [2.75, 3.05) is 13.7 Å². The van der Waals surface area contributed by atoms with Gasteiger partial charge in [-0.3, -0.25) is 0 Å². The lowest BCUT2D eigenvalue weighted by Crippen LogP contribution is -2.39. The number of nitrogens with one attached hydrogen (secondary N) is 1. The smallest absolute Gasteiger partial charge is 0.130 e. The van der Waals surface area contributed by atoms with Gasteiger partial charge in [-0.05, 0) is 63.6 Å². The van der Waals surface area contributed by atoms with Gasteiger partial charge in [0.25, 0.3) is 0 Å². The second-order valence-corrected chi connectivity index (χ2v) is 6.82. The van der Waals surface area contributed by atoms with E-state index in [1.165, 1.54) is 18.9 Å². The minimum absolute atomic E-state index is 0.117. The molecule has 3 heteroatoms. The van der Waals surface area contributed by atoms with Crippen molar-refractivity contribution in [3.8, 4) is 5.75 Å². The monoisotopic (exact) mass is 279 g/mol. The van der Waals surface area contributed by atoms with E-state index in [4.69, 9.17) is 4.74 Å². The van der Waals surface area contributed by atoms with Crippen LogP contribution in [-0.2, 0) is 0 Å². The first-order chi connectivity index (χ1) is 9.40. The summed E-state index contributed by atoms with van der Waals surface area (Å²) in [7, 11) is 1.57. The summed E-state index contributed by atoms with van der Waals surface area (Å²) in [5.74, 6) is 1.32. The van der Waals surface area contributed by atoms with Gasteiger partial charge in [0.2, 0.25) is 0 Å². The van der Waals surface area contributed by atoms with E-state index in [1.807, 2.05) is 12.1 Å². The third kappa shape index (κ3) is 3.72. The Morgan fingerprint density at radius 3 is 2.65 bits per heavy atom. The number of hydrogen-bond acceptors (Lipinski definition) is 2. The summed E-state index contributed by atoms with van der Waals surface area (Å²) < 4.78 is 19.3. The molecule has 2 unspecified atom stereocenters. The van der Waals surface area contributed by atoms with E-state index in [1.54, 1.807) is 7.11 Å². The lowest BCUT2D eigenvalue weighted by Gasteiger charge is -2.27. The molecule has 1 aromatic rings. The summed E-state index contributed by atoms with van der Waals surface area (Å²) in [6, 6.07) is 5.27. The Balaban J connectivity index is 2.10. The summed E-state index contributed by atoms with van der Waals surface area (Å²) in [5.41, 5.74) is 0.968. The van der Waals surface area contributed by atoms with Crippen molar-refractivity contribution in [3.63, 3.8) is 0 Å². The molecular formula is C17H26FNO. The normalized spacial score (nSPS) is 23.1. The van der Waals surface area contributed by atoms with Gasteiger partial charge < -0.3 is 10.1 Å². The van der Waals surface area contributed by atoms with Gasteiger partial charge in [-0.25, -0.2) is 4.39 Å². The third-order valence-corrected chi connectivity index (χ3v) is 4.16. The van der Waals surface area contributed by atoms with Crippen LogP contribution >= 0.6 is 0 Å². The zero-order valence-corrected chi connectivity index (χ0v) is 13.0. The van der Waals surface area contributed by atoms with Gasteiger partial charge in [-0.15, -0.1) is 0 Å². The molecule has 0 radical (unpaired) electrons. The van der Waals surface area contributed by atoms with Crippen molar-refractivity contribution in [2.45, 2.75) is 51.5 Å². The summed E-state index contributed by atoms with van der Waals surface area (Å²) >= 11 is 0. The van der Waals surface area contributed by atoms with E-state index in [-0.39, 0.29) is 11.4 Å². The third-order valence-electron chi connectivity index (χ3n) is 4.16. The molecule has 1 N–H and O–H groups in total. The minimum atomic E-state index is -0.128. The molecule has 2 rings (SSSR count). The Morgan fingerprint density at radius 2 is 2.05 bits per heavy atom. The number of rotatable bonds is 4. The quantitative estimate of drug-likeness (QED) is 0.895. The molecule has 112 valence electrons. The fourth-order valence-electron chi connectivity index (χ4n) is 3.06. The maximum atomic E-state index is 14.2. The van der Waals surface area contributed by atoms with Crippen molar-refractivity contribution < 1.29 is 9.13 Å². The fourth-order valence-corrected chi connectivity index (χ4v) is 3.06. The SMILES string of the molecule is COc1ccc(C2CCCC2CNC(C)(C)C)c(F)c1. The zero-order valence-electron chi connectivity index (χ0n) is 13.0. The lowest BCUT2D eigenvalue weighted by molar-refractivity contribution is 0.352. The standard InChI is InChI=1S/C17H26FNO/c1-17(2,3)19-11-12-6-5-7-14(12)15-9-8-13(20-4)10-16(15)18/h8-10,12,14,19H,5-7,11H2,1-4H3. The molecule has 0 saturated heterocycles. The van der Waals surface area contributed by atoms with Crippen LogP contribution in [0.2, 0.25) is 0 Å². The number of benzene rings is 1. The van der Waals surface area contributed by atoms with E-state index in [9.17, 15) is 4.39 Å². The molecule has 1 aromatic carbocycles. The highest BCUT2D eigenvalue weighted by Crippen LogP contribution is 2.41. The largest absolute Gasteiger partial charge is 0.497 e. The van der Waals surface area contributed by atoms with Crippen LogP contribution in [-0.4, -0.2) is 19.2 Å². The van der Waals surface area contributed by atoms with Gasteiger partial charge in [0.15, 0.2) is 0 Å². The number of hydrogen-bond donors (Lipinski definition) is 1. The molecule has 0 aromatic heterocycles. The van der Waals surface area contributed by atoms with Crippen LogP contribution in [0.15, 0.2) is 18.2 Å². The van der Waals surface area contributed by atoms with Crippen LogP contribution in [0.1, 0.15) is 51.5 Å². The van der Waals surface area contributed by atoms with Gasteiger partial charge in [0, 0.05) is 11.6 Å². The van der Waals surface area contributed by atoms with Crippen LogP contribution in [0, 0.1) is 11.7 Å². The number of methoxy groups -OCH3 is 1. The first-order valence-corrected chi connectivity index (χ1v) is 7.49. The van der Waals surface area contributed by atoms with Crippen molar-refractivity contribution in [2.24, 2.45) is 5.92 Å². The molecule has 1 fully saturated rings. The Morgan fingerprint density at radius 1 is 1.30 bits per heavy atom. The van der Waals surface area contributed by atoms with E-state index in [0.29, 0.717) is 17.6 Å². The Kier molecular flexibility index (Phi) is 4.69. The summed E-state index contributed by atoms with van der Waals surface area (Å²) in [5, 5.41) is 3.56. The maximum Gasteiger partial charge on any atom is 0.130 e. The van der Waals surface area contributed by atoms with Crippen molar-refractivity contribution >= 4 is 0 Å². The highest BCUT2D eigenvalue weighted by Gasteiger charge is 2.31. The molecule has 0 bridgehead atoms. The maximum absolute atomic E-state index is 14.2. The van der Waals surface area contributed by atoms with Crippen molar-refractivity contribution in [1.29, 1.82) is 0 Å². The minimum Gasteiger partial charge on any atom is -0.497 e. The summed E-state index contributed by atoms with van der Waals surface area (Å²) in [6.45, 7) is 7.47. The number of halogens is 1. The van der Waals surface area contributed by atoms with Crippen molar-refractivity contribution in [3.05, 3.63) is 29.6 Å². The second-order valence-electron chi connectivity index (χ2n) is 6.82. The predicted molar refractivity (Wildman–Crippen MR) is 80.8 cm³/mol. The van der Waals surface area contributed by atoms with Crippen LogP contribution < -0.4 is 10.1 Å². The average Bonchev–Trinajstić information content (AvgIpc) is 2.83. The fraction of sp³-hybridized carbons (Fsp3) is 0.647. The van der Waals surface area contributed by atoms with E-state index in [0.717, 1.165) is 18.5 Å². The molecule has 0 amide bonds. The highest BCUT2D eigenvalue weighted by molar-refractivity contribution is 5.32. The van der Waals surface area contributed by atoms with Gasteiger partial charge >= 0.3 is 0 Å². The first-order valence-electron chi connectivity index (χ1n) is 7.49. The predicted octanol–water partition coefficient (Wildman–Crippen LogP) is 4.11.